The van der Waals surface area contributed by atoms with E-state index in [-0.39, 0.29) is 0 Å². The molecule has 0 bridgehead atoms. The van der Waals surface area contributed by atoms with Crippen molar-refractivity contribution >= 4 is 0 Å². The Balaban J connectivity index is 2.80. The summed E-state index contributed by atoms with van der Waals surface area (Å²) in [6, 6.07) is 0. The Morgan fingerprint density at radius 3 is 2.62 bits per heavy atom. The zero-order chi connectivity index (χ0) is 6.24. The zero-order valence-electron chi connectivity index (χ0n) is 5.78. The Bertz CT molecular complexity index is 57.4. The van der Waals surface area contributed by atoms with Crippen LogP contribution in [0.3, 0.4) is 0 Å². The third kappa shape index (κ3) is 5.54. The standard InChI is InChI=1S/C7H15N/c1-3-5-7-8-6-4-2/h5,7-8H,3-4,6H2,1-2H3/b7-5-. The Morgan fingerprint density at radius 1 is 1.38 bits per heavy atom. The molecule has 1 heteroatoms. The van der Waals surface area contributed by atoms with E-state index in [2.05, 4.69) is 25.2 Å². The van der Waals surface area contributed by atoms with Gasteiger partial charge in [0, 0.05) is 6.54 Å². The fraction of sp³-hybridized carbons (Fsp3) is 0.714. The molecule has 0 aliphatic heterocycles. The van der Waals surface area contributed by atoms with Gasteiger partial charge >= 0.3 is 0 Å². The van der Waals surface area contributed by atoms with Crippen molar-refractivity contribution < 1.29 is 0 Å². The van der Waals surface area contributed by atoms with E-state index in [9.17, 15) is 0 Å². The lowest BCUT2D eigenvalue weighted by molar-refractivity contribution is 0.806. The van der Waals surface area contributed by atoms with Crippen LogP contribution < -0.4 is 5.32 Å². The maximum atomic E-state index is 3.16. The lowest BCUT2D eigenvalue weighted by Crippen LogP contribution is -2.04. The number of hydrogen-bond donors (Lipinski definition) is 1. The molecule has 0 unspecified atom stereocenters. The number of hydrogen-bond acceptors (Lipinski definition) is 1. The zero-order valence-corrected chi connectivity index (χ0v) is 5.78. The first-order valence-corrected chi connectivity index (χ1v) is 3.30. The van der Waals surface area contributed by atoms with Gasteiger partial charge in [-0.3, -0.25) is 0 Å². The second kappa shape index (κ2) is 6.54. The van der Waals surface area contributed by atoms with Crippen molar-refractivity contribution in [2.24, 2.45) is 0 Å². The van der Waals surface area contributed by atoms with Gasteiger partial charge < -0.3 is 5.32 Å². The van der Waals surface area contributed by atoms with Crippen LogP contribution in [0, 0.1) is 0 Å². The smallest absolute Gasteiger partial charge is 0.0138 e. The molecule has 0 fully saturated rings. The minimum absolute atomic E-state index is 1.09. The molecule has 0 aliphatic carbocycles. The Labute approximate surface area is 51.8 Å². The van der Waals surface area contributed by atoms with Crippen LogP contribution in [0.4, 0.5) is 0 Å². The molecular formula is C7H15N. The summed E-state index contributed by atoms with van der Waals surface area (Å²) in [5, 5.41) is 3.16. The molecule has 0 saturated heterocycles. The minimum Gasteiger partial charge on any atom is -0.391 e. The van der Waals surface area contributed by atoms with Crippen LogP contribution in [0.2, 0.25) is 0 Å². The predicted molar refractivity (Wildman–Crippen MR) is 37.7 cm³/mol. The van der Waals surface area contributed by atoms with Gasteiger partial charge in [-0.1, -0.05) is 19.9 Å². The van der Waals surface area contributed by atoms with Gasteiger partial charge in [-0.2, -0.15) is 0 Å². The summed E-state index contributed by atoms with van der Waals surface area (Å²) in [6.07, 6.45) is 6.46. The molecule has 0 aliphatic rings. The van der Waals surface area contributed by atoms with Gasteiger partial charge in [-0.05, 0) is 19.0 Å². The van der Waals surface area contributed by atoms with E-state index in [0.29, 0.717) is 0 Å². The fourth-order valence-electron chi connectivity index (χ4n) is 0.429. The highest BCUT2D eigenvalue weighted by Gasteiger charge is 1.70. The van der Waals surface area contributed by atoms with Crippen LogP contribution >= 0.6 is 0 Å². The van der Waals surface area contributed by atoms with Gasteiger partial charge in [0.25, 0.3) is 0 Å². The van der Waals surface area contributed by atoms with Crippen molar-refractivity contribution in [2.45, 2.75) is 26.7 Å². The third-order valence-electron chi connectivity index (χ3n) is 0.866. The summed E-state index contributed by atoms with van der Waals surface area (Å²) >= 11 is 0. The highest BCUT2D eigenvalue weighted by atomic mass is 14.8. The molecule has 8 heavy (non-hydrogen) atoms. The monoisotopic (exact) mass is 113 g/mol. The second-order valence-corrected chi connectivity index (χ2v) is 1.76. The Hall–Kier alpha value is -0.460. The maximum absolute atomic E-state index is 3.16. The van der Waals surface area contributed by atoms with Crippen LogP contribution in [0.1, 0.15) is 26.7 Å². The van der Waals surface area contributed by atoms with Crippen molar-refractivity contribution in [2.75, 3.05) is 6.54 Å². The SMILES string of the molecule is CC/C=C\NCCC. The van der Waals surface area contributed by atoms with Crippen molar-refractivity contribution in [3.05, 3.63) is 12.3 Å². The lowest BCUT2D eigenvalue weighted by Gasteiger charge is -1.92. The molecule has 0 heterocycles. The molecule has 1 nitrogen and oxygen atoms in total. The summed E-state index contributed by atoms with van der Waals surface area (Å²) in [5.74, 6) is 0. The highest BCUT2D eigenvalue weighted by Crippen LogP contribution is 1.75. The Kier molecular flexibility index (Phi) is 6.16. The van der Waals surface area contributed by atoms with Gasteiger partial charge in [0.2, 0.25) is 0 Å². The van der Waals surface area contributed by atoms with Crippen molar-refractivity contribution in [1.82, 2.24) is 5.32 Å². The average molecular weight is 113 g/mol. The van der Waals surface area contributed by atoms with E-state index >= 15 is 0 Å². The summed E-state index contributed by atoms with van der Waals surface area (Å²) in [4.78, 5) is 0. The number of rotatable bonds is 4. The molecule has 0 radical (unpaired) electrons. The van der Waals surface area contributed by atoms with Crippen LogP contribution in [0.15, 0.2) is 12.3 Å². The van der Waals surface area contributed by atoms with E-state index in [0.717, 1.165) is 13.0 Å². The van der Waals surface area contributed by atoms with Gasteiger partial charge in [0.1, 0.15) is 0 Å². The summed E-state index contributed by atoms with van der Waals surface area (Å²) in [7, 11) is 0. The quantitative estimate of drug-likeness (QED) is 0.549. The van der Waals surface area contributed by atoms with E-state index in [1.807, 2.05) is 6.20 Å². The van der Waals surface area contributed by atoms with E-state index in [1.54, 1.807) is 0 Å². The second-order valence-electron chi connectivity index (χ2n) is 1.76. The molecule has 1 N–H and O–H groups in total. The first-order valence-electron chi connectivity index (χ1n) is 3.30. The van der Waals surface area contributed by atoms with Crippen molar-refractivity contribution in [3.63, 3.8) is 0 Å². The fourth-order valence-corrected chi connectivity index (χ4v) is 0.429. The first kappa shape index (κ1) is 7.54. The summed E-state index contributed by atoms with van der Waals surface area (Å²) in [5.41, 5.74) is 0. The van der Waals surface area contributed by atoms with E-state index in [4.69, 9.17) is 0 Å². The molecule has 0 spiro atoms. The molecule has 0 amide bonds. The van der Waals surface area contributed by atoms with Crippen LogP contribution in [-0.2, 0) is 0 Å². The number of nitrogens with one attached hydrogen (secondary N) is 1. The van der Waals surface area contributed by atoms with Gasteiger partial charge in [-0.25, -0.2) is 0 Å². The minimum atomic E-state index is 1.09. The van der Waals surface area contributed by atoms with Gasteiger partial charge in [0.05, 0.1) is 0 Å². The molecule has 0 rings (SSSR count). The van der Waals surface area contributed by atoms with Crippen LogP contribution in [0.25, 0.3) is 0 Å². The normalized spacial score (nSPS) is 10.2. The number of allylic oxidation sites excluding steroid dienone is 1. The molecule has 0 saturated carbocycles. The average Bonchev–Trinajstić information content (AvgIpc) is 1.81. The first-order chi connectivity index (χ1) is 3.91. The third-order valence-corrected chi connectivity index (χ3v) is 0.866. The molecule has 0 aromatic carbocycles. The topological polar surface area (TPSA) is 12.0 Å². The lowest BCUT2D eigenvalue weighted by atomic mass is 10.4. The van der Waals surface area contributed by atoms with Gasteiger partial charge in [0.15, 0.2) is 0 Å². The van der Waals surface area contributed by atoms with E-state index in [1.165, 1.54) is 6.42 Å². The summed E-state index contributed by atoms with van der Waals surface area (Å²) < 4.78 is 0. The van der Waals surface area contributed by atoms with Crippen LogP contribution in [0.5, 0.6) is 0 Å². The van der Waals surface area contributed by atoms with Crippen molar-refractivity contribution in [1.29, 1.82) is 0 Å². The molecule has 0 atom stereocenters. The predicted octanol–water partition coefficient (Wildman–Crippen LogP) is 1.91. The molecule has 0 aromatic rings. The largest absolute Gasteiger partial charge is 0.391 e. The molecular weight excluding hydrogens is 98.1 g/mol. The Morgan fingerprint density at radius 2 is 2.12 bits per heavy atom. The van der Waals surface area contributed by atoms with Crippen molar-refractivity contribution in [3.8, 4) is 0 Å². The van der Waals surface area contributed by atoms with Crippen LogP contribution in [-0.4, -0.2) is 6.54 Å². The van der Waals surface area contributed by atoms with E-state index < -0.39 is 0 Å². The summed E-state index contributed by atoms with van der Waals surface area (Å²) in [6.45, 7) is 5.38. The van der Waals surface area contributed by atoms with Gasteiger partial charge in [-0.15, -0.1) is 0 Å². The molecule has 48 valence electrons. The maximum Gasteiger partial charge on any atom is 0.0138 e. The highest BCUT2D eigenvalue weighted by molar-refractivity contribution is 4.76. The molecule has 0 aromatic heterocycles.